The first-order chi connectivity index (χ1) is 5.72. The van der Waals surface area contributed by atoms with Gasteiger partial charge in [-0.15, -0.1) is 0 Å². The summed E-state index contributed by atoms with van der Waals surface area (Å²) in [5.41, 5.74) is 0. The van der Waals surface area contributed by atoms with Crippen LogP contribution in [0.15, 0.2) is 24.3 Å². The van der Waals surface area contributed by atoms with Gasteiger partial charge in [0.1, 0.15) is 11.6 Å². The molecule has 0 fully saturated rings. The van der Waals surface area contributed by atoms with E-state index in [2.05, 4.69) is 4.57 Å². The maximum atomic E-state index is 12.4. The lowest BCUT2D eigenvalue weighted by molar-refractivity contribution is 0.309. The Hall–Kier alpha value is -1.00. The zero-order chi connectivity index (χ0) is 8.97. The third-order valence-electron chi connectivity index (χ3n) is 1.25. The highest BCUT2D eigenvalue weighted by molar-refractivity contribution is 6.41. The van der Waals surface area contributed by atoms with Crippen molar-refractivity contribution in [1.82, 2.24) is 0 Å². The molecule has 12 heavy (non-hydrogen) atoms. The van der Waals surface area contributed by atoms with E-state index in [0.29, 0.717) is 5.75 Å². The lowest BCUT2D eigenvalue weighted by atomic mass is 10.2. The average Bonchev–Trinajstić information content (AvgIpc) is 2.09. The summed E-state index contributed by atoms with van der Waals surface area (Å²) in [5, 5.41) is 8.84. The summed E-state index contributed by atoms with van der Waals surface area (Å²) >= 11 is 0. The summed E-state index contributed by atoms with van der Waals surface area (Å²) in [5.74, 6) is 0.00000614. The summed E-state index contributed by atoms with van der Waals surface area (Å²) in [6.07, 6.45) is 0. The third-order valence-corrected chi connectivity index (χ3v) is 1.25. The van der Waals surface area contributed by atoms with Crippen molar-refractivity contribution in [2.45, 2.75) is 0 Å². The number of halogens is 1. The van der Waals surface area contributed by atoms with E-state index < -0.39 is 7.32 Å². The van der Waals surface area contributed by atoms with Crippen LogP contribution in [0, 0.1) is 5.82 Å². The second-order valence-electron chi connectivity index (χ2n) is 2.11. The summed E-state index contributed by atoms with van der Waals surface area (Å²) in [7, 11) is -0.00997. The van der Waals surface area contributed by atoms with Gasteiger partial charge in [-0.1, -0.05) is 0 Å². The maximum absolute atomic E-state index is 12.4. The molecule has 3 nitrogen and oxygen atoms in total. The van der Waals surface area contributed by atoms with Gasteiger partial charge >= 0.3 is 7.32 Å². The fraction of sp³-hybridized carbons (Fsp3) is 0. The van der Waals surface area contributed by atoms with Gasteiger partial charge in [-0.2, -0.15) is 0 Å². The molecule has 1 aromatic carbocycles. The monoisotopic (exact) mass is 168 g/mol. The van der Waals surface area contributed by atoms with Crippen molar-refractivity contribution in [2.24, 2.45) is 0 Å². The van der Waals surface area contributed by atoms with Crippen LogP contribution in [-0.2, 0) is 4.57 Å². The van der Waals surface area contributed by atoms with Crippen LogP contribution in [0.25, 0.3) is 0 Å². The van der Waals surface area contributed by atoms with Crippen molar-refractivity contribution in [3.05, 3.63) is 30.1 Å². The minimum absolute atomic E-state index is 0.353. The minimum Gasteiger partial charge on any atom is -0.513 e. The van der Waals surface area contributed by atoms with Crippen LogP contribution in [0.2, 0.25) is 0 Å². The molecule has 0 saturated carbocycles. The quantitative estimate of drug-likeness (QED) is 0.632. The lowest BCUT2D eigenvalue weighted by Gasteiger charge is -2.06. The molecule has 0 aliphatic rings. The molecule has 0 radical (unpaired) electrons. The van der Waals surface area contributed by atoms with Crippen molar-refractivity contribution in [2.75, 3.05) is 0 Å². The second kappa shape index (κ2) is 4.13. The van der Waals surface area contributed by atoms with Gasteiger partial charge in [0.15, 0.2) is 0 Å². The normalized spacial score (nSPS) is 9.50. The Morgan fingerprint density at radius 2 is 1.92 bits per heavy atom. The predicted molar refractivity (Wildman–Crippen MR) is 44.6 cm³/mol. The van der Waals surface area contributed by atoms with Crippen LogP contribution in [-0.4, -0.2) is 20.4 Å². The molecule has 0 atom stereocenters. The Morgan fingerprint density at radius 3 is 2.42 bits per heavy atom. The number of rotatable bonds is 3. The summed E-state index contributed by atoms with van der Waals surface area (Å²) in [6.45, 7) is 0. The van der Waals surface area contributed by atoms with E-state index in [1.807, 2.05) is 0 Å². The molecule has 1 aromatic rings. The molecule has 0 heterocycles. The van der Waals surface area contributed by atoms with Crippen molar-refractivity contribution >= 4 is 15.4 Å². The first kappa shape index (κ1) is 9.09. The largest absolute Gasteiger partial charge is 0.694 e. The summed E-state index contributed by atoms with van der Waals surface area (Å²) < 4.78 is 21.6. The second-order valence-corrected chi connectivity index (χ2v) is 2.11. The average molecular weight is 168 g/mol. The summed E-state index contributed by atoms with van der Waals surface area (Å²) in [4.78, 5) is 0. The number of hydrogen-bond donors (Lipinski definition) is 1. The van der Waals surface area contributed by atoms with Crippen molar-refractivity contribution < 1.29 is 18.6 Å². The molecule has 0 aliphatic carbocycles. The van der Waals surface area contributed by atoms with Crippen LogP contribution in [0.1, 0.15) is 0 Å². The third kappa shape index (κ3) is 2.56. The van der Waals surface area contributed by atoms with E-state index >= 15 is 0 Å². The minimum atomic E-state index is -1.31. The van der Waals surface area contributed by atoms with Gasteiger partial charge in [0, 0.05) is 0 Å². The molecule has 0 bridgehead atoms. The molecule has 6 heteroatoms. The Kier molecular flexibility index (Phi) is 3.13. The predicted octanol–water partition coefficient (Wildman–Crippen LogP) is -0.254. The maximum Gasteiger partial charge on any atom is 0.694 e. The van der Waals surface area contributed by atoms with Crippen LogP contribution in [0.3, 0.4) is 0 Å². The Bertz CT molecular complexity index is 241. The molecule has 0 aromatic heterocycles. The number of benzene rings is 1. The van der Waals surface area contributed by atoms with E-state index in [1.54, 1.807) is 0 Å². The van der Waals surface area contributed by atoms with Crippen molar-refractivity contribution in [3.63, 3.8) is 0 Å². The van der Waals surface area contributed by atoms with E-state index in [4.69, 9.17) is 9.68 Å². The molecule has 0 saturated heterocycles. The Labute approximate surface area is 70.7 Å². The number of hydrogen-bond acceptors (Lipinski definition) is 3. The molecule has 0 unspecified atom stereocenters. The Balaban J connectivity index is 2.58. The fourth-order valence-electron chi connectivity index (χ4n) is 0.678. The van der Waals surface area contributed by atoms with Crippen LogP contribution < -0.4 is 4.65 Å². The lowest BCUT2D eigenvalue weighted by Crippen LogP contribution is -2.24. The van der Waals surface area contributed by atoms with Crippen LogP contribution in [0.5, 0.6) is 5.75 Å². The van der Waals surface area contributed by atoms with Gasteiger partial charge in [0.25, 0.3) is 0 Å². The molecule has 62 valence electrons. The van der Waals surface area contributed by atoms with Gasteiger partial charge in [0.2, 0.25) is 8.05 Å². The van der Waals surface area contributed by atoms with Gasteiger partial charge in [-0.3, -0.25) is 0 Å². The highest BCUT2D eigenvalue weighted by atomic mass is 19.1. The molecule has 0 aliphatic heterocycles. The molecule has 0 amide bonds. The summed E-state index contributed by atoms with van der Waals surface area (Å²) in [6, 6.07) is 5.27. The molecular weight excluding hydrogens is 161 g/mol. The smallest absolute Gasteiger partial charge is 0.513 e. The van der Waals surface area contributed by atoms with E-state index in [9.17, 15) is 4.39 Å². The van der Waals surface area contributed by atoms with Crippen molar-refractivity contribution in [3.8, 4) is 5.75 Å². The molecule has 0 spiro atoms. The van der Waals surface area contributed by atoms with Crippen LogP contribution >= 0.6 is 0 Å². The van der Waals surface area contributed by atoms with Crippen LogP contribution in [0.4, 0.5) is 4.39 Å². The topological polar surface area (TPSA) is 38.7 Å². The van der Waals surface area contributed by atoms with Gasteiger partial charge in [0.05, 0.1) is 0 Å². The zero-order valence-corrected chi connectivity index (χ0v) is 6.53. The standard InChI is InChI=1S/C6H7B2FO3/c7-12-8(10)11-6-3-1-5(9)2-4-6/h1-4,10H,7H2. The van der Waals surface area contributed by atoms with Gasteiger partial charge in [-0.05, 0) is 24.3 Å². The van der Waals surface area contributed by atoms with Gasteiger partial charge < -0.3 is 14.3 Å². The zero-order valence-electron chi connectivity index (χ0n) is 6.53. The van der Waals surface area contributed by atoms with E-state index in [-0.39, 0.29) is 5.82 Å². The van der Waals surface area contributed by atoms with E-state index in [0.717, 1.165) is 0 Å². The SMILES string of the molecule is BOB(O)Oc1ccc(F)cc1. The van der Waals surface area contributed by atoms with E-state index in [1.165, 1.54) is 32.3 Å². The van der Waals surface area contributed by atoms with Gasteiger partial charge in [-0.25, -0.2) is 4.39 Å². The first-order valence-electron chi connectivity index (χ1n) is 3.35. The highest BCUT2D eigenvalue weighted by Gasteiger charge is 2.13. The fourth-order valence-corrected chi connectivity index (χ4v) is 0.678. The van der Waals surface area contributed by atoms with Crippen molar-refractivity contribution in [1.29, 1.82) is 0 Å². The Morgan fingerprint density at radius 1 is 1.33 bits per heavy atom. The molecule has 1 N–H and O–H groups in total. The molecular formula is C6H7B2FO3. The first-order valence-corrected chi connectivity index (χ1v) is 3.35. The highest BCUT2D eigenvalue weighted by Crippen LogP contribution is 2.11. The molecule has 1 rings (SSSR count).